The van der Waals surface area contributed by atoms with Gasteiger partial charge in [0.1, 0.15) is 6.54 Å². The van der Waals surface area contributed by atoms with E-state index in [-0.39, 0.29) is 25.2 Å². The normalized spacial score (nSPS) is 15.4. The number of carbonyl (C=O) groups is 3. The predicted octanol–water partition coefficient (Wildman–Crippen LogP) is 0.551. The summed E-state index contributed by atoms with van der Waals surface area (Å²) in [5.74, 6) is -1.46. The Hall–Kier alpha value is -1.79. The minimum atomic E-state index is -1.06. The molecule has 7 nitrogen and oxygen atoms in total. The highest BCUT2D eigenvalue weighted by atomic mass is 16.4. The molecule has 1 rings (SSSR count). The number of carbonyl (C=O) groups excluding carboxylic acids is 2. The highest BCUT2D eigenvalue weighted by Gasteiger charge is 2.18. The van der Waals surface area contributed by atoms with Crippen molar-refractivity contribution in [3.63, 3.8) is 0 Å². The lowest BCUT2D eigenvalue weighted by atomic mass is 9.96. The Morgan fingerprint density at radius 3 is 2.40 bits per heavy atom. The molecule has 0 heterocycles. The molecule has 0 unspecified atom stereocenters. The lowest BCUT2D eigenvalue weighted by molar-refractivity contribution is -0.143. The second-order valence-corrected chi connectivity index (χ2v) is 4.96. The van der Waals surface area contributed by atoms with E-state index in [9.17, 15) is 14.4 Å². The van der Waals surface area contributed by atoms with E-state index < -0.39 is 11.9 Å². The molecule has 1 fully saturated rings. The summed E-state index contributed by atoms with van der Waals surface area (Å²) in [7, 11) is 0. The molecular weight excluding hydrogens is 262 g/mol. The molecule has 0 aromatic heterocycles. The number of nitrogens with zero attached hydrogens (tertiary/aromatic N) is 1. The first-order valence-electron chi connectivity index (χ1n) is 7.06. The van der Waals surface area contributed by atoms with Crippen molar-refractivity contribution in [3.05, 3.63) is 0 Å². The fourth-order valence-corrected chi connectivity index (χ4v) is 2.29. The average Bonchev–Trinajstić information content (AvgIpc) is 2.43. The zero-order chi connectivity index (χ0) is 15.0. The molecule has 0 atom stereocenters. The summed E-state index contributed by atoms with van der Waals surface area (Å²) >= 11 is 0. The van der Waals surface area contributed by atoms with Gasteiger partial charge >= 0.3 is 12.0 Å². The Balaban J connectivity index is 2.28. The molecule has 0 radical (unpaired) electrons. The maximum atomic E-state index is 11.7. The number of aliphatic carboxylic acids is 1. The van der Waals surface area contributed by atoms with Crippen LogP contribution in [0, 0.1) is 0 Å². The third-order valence-corrected chi connectivity index (χ3v) is 3.40. The van der Waals surface area contributed by atoms with Crippen LogP contribution in [0.3, 0.4) is 0 Å². The molecule has 0 aliphatic heterocycles. The van der Waals surface area contributed by atoms with E-state index in [1.54, 1.807) is 6.92 Å². The van der Waals surface area contributed by atoms with E-state index in [2.05, 4.69) is 10.6 Å². The molecular formula is C13H23N3O4. The molecule has 3 amide bonds. The van der Waals surface area contributed by atoms with Gasteiger partial charge in [0.25, 0.3) is 0 Å². The van der Waals surface area contributed by atoms with Crippen LogP contribution in [-0.2, 0) is 9.59 Å². The number of hydrogen-bond acceptors (Lipinski definition) is 3. The zero-order valence-electron chi connectivity index (χ0n) is 11.9. The highest BCUT2D eigenvalue weighted by Crippen LogP contribution is 2.16. The molecule has 1 aliphatic carbocycles. The number of carboxylic acids is 1. The van der Waals surface area contributed by atoms with Gasteiger partial charge in [-0.1, -0.05) is 19.3 Å². The van der Waals surface area contributed by atoms with Crippen LogP contribution in [-0.4, -0.2) is 53.6 Å². The fraction of sp³-hybridized carbons (Fsp3) is 0.769. The van der Waals surface area contributed by atoms with Crippen molar-refractivity contribution in [1.29, 1.82) is 0 Å². The van der Waals surface area contributed by atoms with Crippen LogP contribution in [0.1, 0.15) is 39.0 Å². The van der Waals surface area contributed by atoms with E-state index in [1.165, 1.54) is 11.3 Å². The Kier molecular flexibility index (Phi) is 6.83. The molecule has 114 valence electrons. The summed E-state index contributed by atoms with van der Waals surface area (Å²) in [6, 6.07) is -0.184. The summed E-state index contributed by atoms with van der Waals surface area (Å²) in [6.45, 7) is 1.47. The number of urea groups is 1. The van der Waals surface area contributed by atoms with Crippen LogP contribution < -0.4 is 10.6 Å². The molecule has 1 saturated carbocycles. The summed E-state index contributed by atoms with van der Waals surface area (Å²) in [5.41, 5.74) is 0. The molecule has 20 heavy (non-hydrogen) atoms. The summed E-state index contributed by atoms with van der Waals surface area (Å²) in [4.78, 5) is 35.1. The van der Waals surface area contributed by atoms with Gasteiger partial charge in [0, 0.05) is 12.6 Å². The third kappa shape index (κ3) is 5.90. The molecule has 0 spiro atoms. The quantitative estimate of drug-likeness (QED) is 0.663. The van der Waals surface area contributed by atoms with Crippen molar-refractivity contribution >= 4 is 17.9 Å². The lowest BCUT2D eigenvalue weighted by Crippen LogP contribution is -2.47. The van der Waals surface area contributed by atoms with E-state index in [0.29, 0.717) is 6.54 Å². The van der Waals surface area contributed by atoms with Crippen molar-refractivity contribution in [3.8, 4) is 0 Å². The van der Waals surface area contributed by atoms with Crippen molar-refractivity contribution in [2.45, 2.75) is 45.1 Å². The number of hydrogen-bond donors (Lipinski definition) is 3. The van der Waals surface area contributed by atoms with Gasteiger partial charge in [0.2, 0.25) is 5.91 Å². The fourth-order valence-electron chi connectivity index (χ4n) is 2.29. The minimum absolute atomic E-state index is 0.181. The first kappa shape index (κ1) is 16.3. The predicted molar refractivity (Wildman–Crippen MR) is 73.3 cm³/mol. The van der Waals surface area contributed by atoms with Gasteiger partial charge in [-0.15, -0.1) is 0 Å². The van der Waals surface area contributed by atoms with Crippen LogP contribution >= 0.6 is 0 Å². The van der Waals surface area contributed by atoms with Crippen LogP contribution in [0.25, 0.3) is 0 Å². The second-order valence-electron chi connectivity index (χ2n) is 4.96. The van der Waals surface area contributed by atoms with Gasteiger partial charge in [-0.3, -0.25) is 9.59 Å². The van der Waals surface area contributed by atoms with E-state index in [0.717, 1.165) is 25.7 Å². The minimum Gasteiger partial charge on any atom is -0.480 e. The largest absolute Gasteiger partial charge is 0.480 e. The Labute approximate surface area is 118 Å². The number of likely N-dealkylation sites (N-methyl/N-ethyl adjacent to an activating group) is 1. The van der Waals surface area contributed by atoms with Gasteiger partial charge in [-0.25, -0.2) is 4.79 Å². The van der Waals surface area contributed by atoms with Gasteiger partial charge in [0.15, 0.2) is 0 Å². The Bertz CT molecular complexity index is 354. The third-order valence-electron chi connectivity index (χ3n) is 3.40. The molecule has 0 saturated heterocycles. The topological polar surface area (TPSA) is 98.7 Å². The van der Waals surface area contributed by atoms with Crippen LogP contribution in [0.4, 0.5) is 4.79 Å². The molecule has 1 aliphatic rings. The number of carboxylic acid groups (broad SMARTS) is 1. The summed E-state index contributed by atoms with van der Waals surface area (Å²) < 4.78 is 0. The zero-order valence-corrected chi connectivity index (χ0v) is 11.9. The first-order chi connectivity index (χ1) is 9.52. The molecule has 3 N–H and O–H groups in total. The van der Waals surface area contributed by atoms with Gasteiger partial charge < -0.3 is 20.6 Å². The van der Waals surface area contributed by atoms with Gasteiger partial charge in [-0.2, -0.15) is 0 Å². The summed E-state index contributed by atoms with van der Waals surface area (Å²) in [5, 5.41) is 14.0. The van der Waals surface area contributed by atoms with E-state index in [4.69, 9.17) is 5.11 Å². The van der Waals surface area contributed by atoms with Crippen LogP contribution in [0.2, 0.25) is 0 Å². The standard InChI is InChI=1S/C13H23N3O4/c1-2-16(9-12(18)19)11(17)8-14-13(20)15-10-6-4-3-5-7-10/h10H,2-9H2,1H3,(H,18,19)(H2,14,15,20). The lowest BCUT2D eigenvalue weighted by Gasteiger charge is -2.23. The maximum absolute atomic E-state index is 11.7. The number of amides is 3. The smallest absolute Gasteiger partial charge is 0.323 e. The van der Waals surface area contributed by atoms with Crippen molar-refractivity contribution in [2.24, 2.45) is 0 Å². The maximum Gasteiger partial charge on any atom is 0.323 e. The SMILES string of the molecule is CCN(CC(=O)O)C(=O)CNC(=O)NC1CCCCC1. The first-order valence-corrected chi connectivity index (χ1v) is 7.06. The molecule has 7 heteroatoms. The van der Waals surface area contributed by atoms with Crippen molar-refractivity contribution in [2.75, 3.05) is 19.6 Å². The number of nitrogens with one attached hydrogen (secondary N) is 2. The van der Waals surface area contributed by atoms with Crippen LogP contribution in [0.15, 0.2) is 0 Å². The monoisotopic (exact) mass is 285 g/mol. The molecule has 0 aromatic carbocycles. The Morgan fingerprint density at radius 2 is 1.85 bits per heavy atom. The van der Waals surface area contributed by atoms with Crippen molar-refractivity contribution in [1.82, 2.24) is 15.5 Å². The summed E-state index contributed by atoms with van der Waals surface area (Å²) in [6.07, 6.45) is 5.39. The van der Waals surface area contributed by atoms with Gasteiger partial charge in [0.05, 0.1) is 6.54 Å². The molecule has 0 aromatic rings. The highest BCUT2D eigenvalue weighted by molar-refractivity contribution is 5.86. The van der Waals surface area contributed by atoms with E-state index >= 15 is 0 Å². The molecule has 0 bridgehead atoms. The second kappa shape index (κ2) is 8.39. The number of rotatable bonds is 6. The van der Waals surface area contributed by atoms with E-state index in [1.807, 2.05) is 0 Å². The van der Waals surface area contributed by atoms with Crippen molar-refractivity contribution < 1.29 is 19.5 Å². The van der Waals surface area contributed by atoms with Crippen LogP contribution in [0.5, 0.6) is 0 Å². The Morgan fingerprint density at radius 1 is 1.20 bits per heavy atom. The van der Waals surface area contributed by atoms with Gasteiger partial charge in [-0.05, 0) is 19.8 Å². The average molecular weight is 285 g/mol.